The Morgan fingerprint density at radius 1 is 1.21 bits per heavy atom. The third-order valence-electron chi connectivity index (χ3n) is 4.10. The van der Waals surface area contributed by atoms with Crippen LogP contribution < -0.4 is 15.2 Å². The molecule has 2 amide bonds. The first-order valence-electron chi connectivity index (χ1n) is 8.95. The number of hydrazine groups is 1. The maximum Gasteiger partial charge on any atom is 0.347 e. The number of hydrogen-bond donors (Lipinski definition) is 1. The number of benzene rings is 2. The summed E-state index contributed by atoms with van der Waals surface area (Å²) >= 11 is 6.08. The summed E-state index contributed by atoms with van der Waals surface area (Å²) in [4.78, 5) is 37.0. The number of halogens is 1. The Balaban J connectivity index is 1.91. The molecule has 2 aromatic carbocycles. The lowest BCUT2D eigenvalue weighted by molar-refractivity contribution is -0.150. The van der Waals surface area contributed by atoms with Crippen molar-refractivity contribution in [2.75, 3.05) is 11.6 Å². The van der Waals surface area contributed by atoms with Gasteiger partial charge in [0.25, 0.3) is 11.8 Å². The van der Waals surface area contributed by atoms with Crippen LogP contribution in [0.15, 0.2) is 54.1 Å². The van der Waals surface area contributed by atoms with Gasteiger partial charge in [0.05, 0.1) is 12.3 Å². The van der Waals surface area contributed by atoms with Crippen LogP contribution in [0.25, 0.3) is 6.08 Å². The van der Waals surface area contributed by atoms with Gasteiger partial charge in [-0.1, -0.05) is 29.8 Å². The van der Waals surface area contributed by atoms with Crippen molar-refractivity contribution < 1.29 is 23.9 Å². The minimum atomic E-state index is -0.873. The molecular weight excluding hydrogens is 396 g/mol. The molecule has 0 unspecified atom stereocenters. The summed E-state index contributed by atoms with van der Waals surface area (Å²) in [7, 11) is 0. The van der Waals surface area contributed by atoms with Crippen molar-refractivity contribution in [3.63, 3.8) is 0 Å². The van der Waals surface area contributed by atoms with E-state index >= 15 is 0 Å². The lowest BCUT2D eigenvalue weighted by atomic mass is 10.1. The Bertz CT molecular complexity index is 974. The molecule has 0 spiro atoms. The van der Waals surface area contributed by atoms with Gasteiger partial charge in [-0.15, -0.1) is 0 Å². The average Bonchev–Trinajstić information content (AvgIpc) is 2.99. The summed E-state index contributed by atoms with van der Waals surface area (Å²) in [6, 6.07) is 13.4. The molecule has 8 heteroatoms. The average molecular weight is 415 g/mol. The molecule has 0 aliphatic carbocycles. The van der Waals surface area contributed by atoms with Crippen LogP contribution in [0.5, 0.6) is 5.75 Å². The fourth-order valence-corrected chi connectivity index (χ4v) is 2.89. The van der Waals surface area contributed by atoms with Gasteiger partial charge in [0, 0.05) is 10.6 Å². The number of carbonyl (C=O) groups excluding carboxylic acids is 3. The van der Waals surface area contributed by atoms with Crippen molar-refractivity contribution in [1.82, 2.24) is 5.43 Å². The molecule has 150 valence electrons. The first kappa shape index (κ1) is 20.4. The zero-order chi connectivity index (χ0) is 21.0. The van der Waals surface area contributed by atoms with Crippen molar-refractivity contribution in [3.05, 3.63) is 64.7 Å². The molecule has 3 rings (SSSR count). The fourth-order valence-electron chi connectivity index (χ4n) is 2.71. The third-order valence-corrected chi connectivity index (χ3v) is 4.33. The zero-order valence-electron chi connectivity index (χ0n) is 15.8. The van der Waals surface area contributed by atoms with Crippen molar-refractivity contribution in [1.29, 1.82) is 0 Å². The van der Waals surface area contributed by atoms with Crippen LogP contribution in [0.2, 0.25) is 5.02 Å². The summed E-state index contributed by atoms with van der Waals surface area (Å²) in [6.45, 7) is 3.48. The number of amides is 2. The van der Waals surface area contributed by atoms with Crippen LogP contribution in [0.3, 0.4) is 0 Å². The van der Waals surface area contributed by atoms with Gasteiger partial charge in [-0.25, -0.2) is 9.80 Å². The highest BCUT2D eigenvalue weighted by Gasteiger charge is 2.34. The minimum Gasteiger partial charge on any atom is -0.478 e. The Morgan fingerprint density at radius 3 is 2.62 bits per heavy atom. The van der Waals surface area contributed by atoms with Gasteiger partial charge in [0.2, 0.25) is 0 Å². The van der Waals surface area contributed by atoms with Crippen LogP contribution >= 0.6 is 11.6 Å². The summed E-state index contributed by atoms with van der Waals surface area (Å²) in [5.74, 6) is -1.29. The molecule has 1 saturated heterocycles. The van der Waals surface area contributed by atoms with E-state index in [9.17, 15) is 14.4 Å². The van der Waals surface area contributed by atoms with Crippen LogP contribution in [0, 0.1) is 0 Å². The maximum atomic E-state index is 12.8. The molecule has 29 heavy (non-hydrogen) atoms. The third kappa shape index (κ3) is 4.57. The Morgan fingerprint density at radius 2 is 1.93 bits per heavy atom. The second-order valence-electron chi connectivity index (χ2n) is 6.17. The SMILES string of the molecule is CCOC(=O)[C@H](C)Oc1ccc(Cl)cc1/C=C1/C(=O)NN(c2ccccc2)C1=O. The van der Waals surface area contributed by atoms with Gasteiger partial charge in [-0.2, -0.15) is 0 Å². The number of carbonyl (C=O) groups is 3. The Hall–Kier alpha value is -3.32. The molecule has 1 fully saturated rings. The summed E-state index contributed by atoms with van der Waals surface area (Å²) in [5, 5.41) is 1.55. The van der Waals surface area contributed by atoms with E-state index in [1.807, 2.05) is 6.07 Å². The van der Waals surface area contributed by atoms with Crippen LogP contribution in [-0.2, 0) is 19.1 Å². The Kier molecular flexibility index (Phi) is 6.19. The second-order valence-corrected chi connectivity index (χ2v) is 6.61. The van der Waals surface area contributed by atoms with Gasteiger partial charge in [0.15, 0.2) is 6.10 Å². The number of anilines is 1. The van der Waals surface area contributed by atoms with Crippen molar-refractivity contribution in [2.24, 2.45) is 0 Å². The molecule has 0 bridgehead atoms. The highest BCUT2D eigenvalue weighted by Crippen LogP contribution is 2.28. The van der Waals surface area contributed by atoms with Crippen molar-refractivity contribution in [3.8, 4) is 5.75 Å². The van der Waals surface area contributed by atoms with E-state index in [4.69, 9.17) is 21.1 Å². The standard InChI is InChI=1S/C21H19ClN2O5/c1-3-28-21(27)13(2)29-18-10-9-15(22)11-14(18)12-17-19(25)23-24(20(17)26)16-7-5-4-6-8-16/h4-13H,3H2,1-2H3,(H,23,25)/b17-12-/t13-/m0/s1. The quantitative estimate of drug-likeness (QED) is 0.446. The maximum absolute atomic E-state index is 12.8. The van der Waals surface area contributed by atoms with E-state index in [1.165, 1.54) is 11.1 Å². The monoisotopic (exact) mass is 414 g/mol. The zero-order valence-corrected chi connectivity index (χ0v) is 16.6. The van der Waals surface area contributed by atoms with E-state index < -0.39 is 23.9 Å². The summed E-state index contributed by atoms with van der Waals surface area (Å²) in [6.07, 6.45) is 0.516. The lowest BCUT2D eigenvalue weighted by Gasteiger charge is -2.15. The van der Waals surface area contributed by atoms with E-state index in [2.05, 4.69) is 5.43 Å². The van der Waals surface area contributed by atoms with Crippen LogP contribution in [0.4, 0.5) is 5.69 Å². The highest BCUT2D eigenvalue weighted by molar-refractivity contribution is 6.32. The van der Waals surface area contributed by atoms with E-state index in [0.717, 1.165) is 0 Å². The molecule has 1 atom stereocenters. The molecular formula is C21H19ClN2O5. The minimum absolute atomic E-state index is 0.0789. The molecule has 0 radical (unpaired) electrons. The number of ether oxygens (including phenoxy) is 2. The first-order valence-corrected chi connectivity index (χ1v) is 9.33. The molecule has 0 aromatic heterocycles. The summed E-state index contributed by atoms with van der Waals surface area (Å²) < 4.78 is 10.6. The van der Waals surface area contributed by atoms with Crippen molar-refractivity contribution in [2.45, 2.75) is 20.0 Å². The number of esters is 1. The fraction of sp³-hybridized carbons (Fsp3) is 0.190. The van der Waals surface area contributed by atoms with Gasteiger partial charge < -0.3 is 9.47 Å². The van der Waals surface area contributed by atoms with Gasteiger partial charge in [0.1, 0.15) is 11.3 Å². The number of nitrogens with zero attached hydrogens (tertiary/aromatic N) is 1. The van der Waals surface area contributed by atoms with E-state index in [1.54, 1.807) is 56.3 Å². The molecule has 1 aliphatic heterocycles. The number of nitrogens with one attached hydrogen (secondary N) is 1. The summed E-state index contributed by atoms with van der Waals surface area (Å²) in [5.41, 5.74) is 3.38. The van der Waals surface area contributed by atoms with Gasteiger partial charge in [-0.05, 0) is 50.3 Å². The number of hydrogen-bond acceptors (Lipinski definition) is 5. The molecule has 1 heterocycles. The van der Waals surface area contributed by atoms with E-state index in [0.29, 0.717) is 22.0 Å². The first-order chi connectivity index (χ1) is 13.9. The topological polar surface area (TPSA) is 84.9 Å². The van der Waals surface area contributed by atoms with Crippen LogP contribution in [-0.4, -0.2) is 30.5 Å². The molecule has 1 N–H and O–H groups in total. The molecule has 1 aliphatic rings. The van der Waals surface area contributed by atoms with Gasteiger partial charge >= 0.3 is 5.97 Å². The lowest BCUT2D eigenvalue weighted by Crippen LogP contribution is -2.35. The predicted octanol–water partition coefficient (Wildman–Crippen LogP) is 3.13. The largest absolute Gasteiger partial charge is 0.478 e. The smallest absolute Gasteiger partial charge is 0.347 e. The second kappa shape index (κ2) is 8.79. The van der Waals surface area contributed by atoms with Crippen molar-refractivity contribution >= 4 is 41.1 Å². The van der Waals surface area contributed by atoms with Crippen LogP contribution in [0.1, 0.15) is 19.4 Å². The predicted molar refractivity (Wildman–Crippen MR) is 108 cm³/mol. The highest BCUT2D eigenvalue weighted by atomic mass is 35.5. The molecule has 0 saturated carbocycles. The molecule has 7 nitrogen and oxygen atoms in total. The molecule has 2 aromatic rings. The van der Waals surface area contributed by atoms with E-state index in [-0.39, 0.29) is 12.2 Å². The number of para-hydroxylation sites is 1. The number of rotatable bonds is 6. The van der Waals surface area contributed by atoms with Gasteiger partial charge in [-0.3, -0.25) is 15.0 Å². The normalized spacial score (nSPS) is 16.0. The Labute approximate surface area is 172 Å².